The fourth-order valence-corrected chi connectivity index (χ4v) is 3.69. The summed E-state index contributed by atoms with van der Waals surface area (Å²) >= 11 is 0. The van der Waals surface area contributed by atoms with Crippen LogP contribution < -0.4 is 11.3 Å². The smallest absolute Gasteiger partial charge is 0.397 e. The molecule has 3 N–H and O–H groups in total. The fourth-order valence-electron chi connectivity index (χ4n) is 3.69. The molecule has 3 rings (SSSR count). The minimum atomic E-state index is -4.74. The Morgan fingerprint density at radius 2 is 1.68 bits per heavy atom. The first-order valence-electron chi connectivity index (χ1n) is 12.1. The van der Waals surface area contributed by atoms with Gasteiger partial charge in [0.25, 0.3) is 5.56 Å². The van der Waals surface area contributed by atoms with E-state index in [0.29, 0.717) is 30.2 Å². The van der Waals surface area contributed by atoms with E-state index >= 15 is 0 Å². The summed E-state index contributed by atoms with van der Waals surface area (Å²) in [7, 11) is 1.90. The number of nitrogens with two attached hydrogens (primary N) is 1. The van der Waals surface area contributed by atoms with Gasteiger partial charge in [-0.3, -0.25) is 9.59 Å². The Morgan fingerprint density at radius 1 is 1.05 bits per heavy atom. The molecular weight excluding hydrogens is 561 g/mol. The Morgan fingerprint density at radius 3 is 2.17 bits per heavy atom. The predicted molar refractivity (Wildman–Crippen MR) is 138 cm³/mol. The maximum atomic E-state index is 14.4. The van der Waals surface area contributed by atoms with Crippen molar-refractivity contribution in [2.75, 3.05) is 19.3 Å². The van der Waals surface area contributed by atoms with Crippen molar-refractivity contribution in [3.05, 3.63) is 75.3 Å². The monoisotopic (exact) mass is 588 g/mol. The highest BCUT2D eigenvalue weighted by atomic mass is 19.4. The fraction of sp³-hybridized carbons (Fsp3) is 0.346. The zero-order valence-corrected chi connectivity index (χ0v) is 22.1. The van der Waals surface area contributed by atoms with Gasteiger partial charge in [0.2, 0.25) is 0 Å². The van der Waals surface area contributed by atoms with Crippen LogP contribution in [0.2, 0.25) is 0 Å². The Hall–Kier alpha value is -4.30. The van der Waals surface area contributed by atoms with Gasteiger partial charge >= 0.3 is 12.4 Å². The van der Waals surface area contributed by atoms with E-state index in [-0.39, 0.29) is 17.0 Å². The molecule has 0 aliphatic carbocycles. The van der Waals surface area contributed by atoms with Crippen LogP contribution in [0.3, 0.4) is 0 Å². The number of hydrogen-bond acceptors (Lipinski definition) is 7. The number of carbonyl (C=O) groups excluding carboxylic acids is 1. The maximum Gasteiger partial charge on any atom is 0.423 e. The van der Waals surface area contributed by atoms with Crippen LogP contribution in [0.4, 0.5) is 36.4 Å². The van der Waals surface area contributed by atoms with Crippen LogP contribution in [0.5, 0.6) is 0 Å². The van der Waals surface area contributed by atoms with Crippen LogP contribution in [-0.2, 0) is 12.4 Å². The van der Waals surface area contributed by atoms with Crippen LogP contribution in [0.25, 0.3) is 17.5 Å². The summed E-state index contributed by atoms with van der Waals surface area (Å²) in [6, 6.07) is 2.39. The van der Waals surface area contributed by atoms with E-state index < -0.39 is 40.5 Å². The number of aromatic amines is 1. The van der Waals surface area contributed by atoms with Crippen LogP contribution in [0.1, 0.15) is 53.7 Å². The number of nitrogens with one attached hydrogen (secondary N) is 1. The average molecular weight is 589 g/mol. The van der Waals surface area contributed by atoms with E-state index in [1.807, 2.05) is 11.9 Å². The molecule has 0 unspecified atom stereocenters. The summed E-state index contributed by atoms with van der Waals surface area (Å²) in [5, 5.41) is 4.74. The lowest BCUT2D eigenvalue weighted by Gasteiger charge is -2.19. The van der Waals surface area contributed by atoms with E-state index in [4.69, 9.17) is 5.73 Å². The van der Waals surface area contributed by atoms with Crippen molar-refractivity contribution in [3.8, 4) is 11.4 Å². The number of H-pyrrole nitrogens is 1. The molecule has 0 saturated heterocycles. The van der Waals surface area contributed by atoms with Crippen LogP contribution in [0.15, 0.2) is 41.7 Å². The zero-order valence-electron chi connectivity index (χ0n) is 22.1. The lowest BCUT2D eigenvalue weighted by atomic mass is 10.0. The van der Waals surface area contributed by atoms with Gasteiger partial charge in [-0.15, -0.1) is 0 Å². The topological polar surface area (TPSA) is 118 Å². The van der Waals surface area contributed by atoms with Crippen molar-refractivity contribution >= 4 is 18.0 Å². The number of aldehydes is 1. The summed E-state index contributed by atoms with van der Waals surface area (Å²) in [5.74, 6) is -0.481. The summed E-state index contributed by atoms with van der Waals surface area (Å²) < 4.78 is 88.4. The third-order valence-electron chi connectivity index (χ3n) is 5.58. The van der Waals surface area contributed by atoms with Crippen molar-refractivity contribution in [1.82, 2.24) is 25.1 Å². The van der Waals surface area contributed by atoms with Gasteiger partial charge in [-0.1, -0.05) is 20.3 Å². The van der Waals surface area contributed by atoms with Crippen molar-refractivity contribution in [1.29, 1.82) is 0 Å². The van der Waals surface area contributed by atoms with Crippen LogP contribution in [-0.4, -0.2) is 44.9 Å². The van der Waals surface area contributed by atoms with Gasteiger partial charge in [0, 0.05) is 31.5 Å². The first-order valence-corrected chi connectivity index (χ1v) is 12.1. The number of halogens is 7. The molecule has 0 aliphatic rings. The number of alkyl halides is 6. The molecule has 0 amide bonds. The highest BCUT2D eigenvalue weighted by molar-refractivity contribution is 5.84. The van der Waals surface area contributed by atoms with Gasteiger partial charge in [-0.2, -0.15) is 31.4 Å². The second-order valence-corrected chi connectivity index (χ2v) is 9.05. The van der Waals surface area contributed by atoms with E-state index in [9.17, 15) is 40.3 Å². The van der Waals surface area contributed by atoms with Gasteiger partial charge in [0.1, 0.15) is 11.4 Å². The third kappa shape index (κ3) is 9.39. The summed E-state index contributed by atoms with van der Waals surface area (Å²) in [6.45, 7) is 5.07. The number of nitrogens with zero attached hydrogens (tertiary/aromatic N) is 4. The molecule has 2 aromatic heterocycles. The second kappa shape index (κ2) is 13.9. The second-order valence-electron chi connectivity index (χ2n) is 9.05. The van der Waals surface area contributed by atoms with Crippen molar-refractivity contribution in [2.24, 2.45) is 5.92 Å². The Balaban J connectivity index is 0.000000408. The molecule has 0 saturated carbocycles. The minimum absolute atomic E-state index is 0.0778. The van der Waals surface area contributed by atoms with Gasteiger partial charge in [0.15, 0.2) is 12.1 Å². The SMILES string of the molecule is CCC[C@@H](C)CN(C)/C=C\c1cc(-c2ncc(C(F)(F)F)cn2)c(F)cc1C=O.Nc1cn[nH]c(=O)c1C(F)(F)F. The van der Waals surface area contributed by atoms with E-state index in [2.05, 4.69) is 28.9 Å². The standard InChI is InChI=1S/C21H23F4N3O.C5H4F3N3O/c1-4-5-14(2)12-28(3)7-6-15-8-18(19(22)9-16(15)13-29)20-26-10-17(11-27-20)21(23,24)25;6-5(7,8)3-2(9)1-10-11-4(3)12/h6-11,13-14H,4-5,12H2,1-3H3;1H,(H3,9,11,12)/b7-6-;/t14-;/m1./s1. The first-order chi connectivity index (χ1) is 19.1. The van der Waals surface area contributed by atoms with Crippen molar-refractivity contribution in [2.45, 2.75) is 39.0 Å². The van der Waals surface area contributed by atoms with Gasteiger partial charge in [-0.05, 0) is 42.3 Å². The van der Waals surface area contributed by atoms with E-state index in [0.717, 1.165) is 31.6 Å². The zero-order chi connectivity index (χ0) is 31.0. The minimum Gasteiger partial charge on any atom is -0.397 e. The average Bonchev–Trinajstić information content (AvgIpc) is 2.87. The third-order valence-corrected chi connectivity index (χ3v) is 5.58. The molecule has 0 radical (unpaired) electrons. The molecule has 1 atom stereocenters. The normalized spacial score (nSPS) is 12.5. The Labute approximate surface area is 230 Å². The molecule has 222 valence electrons. The molecule has 3 aromatic rings. The number of rotatable bonds is 8. The maximum absolute atomic E-state index is 14.4. The summed E-state index contributed by atoms with van der Waals surface area (Å²) in [6.07, 6.45) is -1.22. The molecule has 41 heavy (non-hydrogen) atoms. The number of aromatic nitrogens is 4. The van der Waals surface area contributed by atoms with Crippen molar-refractivity contribution in [3.63, 3.8) is 0 Å². The van der Waals surface area contributed by atoms with E-state index in [1.165, 1.54) is 6.07 Å². The molecule has 8 nitrogen and oxygen atoms in total. The van der Waals surface area contributed by atoms with Gasteiger partial charge in [0.05, 0.1) is 23.0 Å². The molecule has 0 fully saturated rings. The largest absolute Gasteiger partial charge is 0.423 e. The van der Waals surface area contributed by atoms with Crippen LogP contribution in [0, 0.1) is 11.7 Å². The highest BCUT2D eigenvalue weighted by Gasteiger charge is 2.36. The quantitative estimate of drug-likeness (QED) is 0.251. The number of benzene rings is 1. The van der Waals surface area contributed by atoms with Gasteiger partial charge < -0.3 is 10.6 Å². The number of anilines is 1. The first kappa shape index (κ1) is 32.9. The van der Waals surface area contributed by atoms with Crippen LogP contribution >= 0.6 is 0 Å². The molecule has 0 bridgehead atoms. The molecule has 0 aliphatic heterocycles. The molecular formula is C26H27F7N6O2. The van der Waals surface area contributed by atoms with E-state index in [1.54, 1.807) is 17.4 Å². The molecule has 1 aromatic carbocycles. The Bertz CT molecular complexity index is 1400. The number of hydrogen-bond donors (Lipinski definition) is 2. The molecule has 15 heteroatoms. The lowest BCUT2D eigenvalue weighted by Crippen LogP contribution is -2.24. The predicted octanol–water partition coefficient (Wildman–Crippen LogP) is 5.82. The lowest BCUT2D eigenvalue weighted by molar-refractivity contribution is -0.138. The number of carbonyl (C=O) groups is 1. The van der Waals surface area contributed by atoms with Gasteiger partial charge in [-0.25, -0.2) is 19.5 Å². The molecule has 2 heterocycles. The highest BCUT2D eigenvalue weighted by Crippen LogP contribution is 2.30. The summed E-state index contributed by atoms with van der Waals surface area (Å²) in [5.41, 5.74) is 0.952. The summed E-state index contributed by atoms with van der Waals surface area (Å²) in [4.78, 5) is 31.1. The van der Waals surface area contributed by atoms with Crippen molar-refractivity contribution < 1.29 is 35.5 Å². The molecule has 0 spiro atoms. The number of nitrogen functional groups attached to an aromatic ring is 1. The Kier molecular flexibility index (Phi) is 11.1.